The lowest BCUT2D eigenvalue weighted by atomic mass is 10.1. The Morgan fingerprint density at radius 2 is 1.24 bits per heavy atom. The van der Waals surface area contributed by atoms with Crippen molar-refractivity contribution in [1.82, 2.24) is 15.3 Å². The van der Waals surface area contributed by atoms with E-state index in [2.05, 4.69) is 77.9 Å². The van der Waals surface area contributed by atoms with E-state index in [1.54, 1.807) is 0 Å². The van der Waals surface area contributed by atoms with Crippen molar-refractivity contribution in [3.8, 4) is 22.5 Å². The Bertz CT molecular complexity index is 835. The molecule has 0 bridgehead atoms. The van der Waals surface area contributed by atoms with Crippen LogP contribution < -0.4 is 5.32 Å². The van der Waals surface area contributed by atoms with Crippen molar-refractivity contribution in [3.63, 3.8) is 0 Å². The molecule has 0 saturated carbocycles. The summed E-state index contributed by atoms with van der Waals surface area (Å²) < 4.78 is 0. The predicted molar refractivity (Wildman–Crippen MR) is 150 cm³/mol. The number of benzene rings is 2. The molecule has 0 aliphatic rings. The number of rotatable bonds is 18. The van der Waals surface area contributed by atoms with E-state index >= 15 is 0 Å². The maximum atomic E-state index is 4.96. The summed E-state index contributed by atoms with van der Waals surface area (Å²) in [6.45, 7) is 4.67. The molecular weight excluding hydrogens is 434 g/mol. The summed E-state index contributed by atoms with van der Waals surface area (Å²) in [5.74, 6) is 1.12. The minimum atomic E-state index is 1.03. The third-order valence-corrected chi connectivity index (χ3v) is 7.20. The molecule has 2 aromatic carbocycles. The van der Waals surface area contributed by atoms with E-state index in [0.717, 1.165) is 27.9 Å². The van der Waals surface area contributed by atoms with Crippen LogP contribution in [0.4, 0.5) is 0 Å². The van der Waals surface area contributed by atoms with Crippen LogP contribution in [0.15, 0.2) is 65.8 Å². The summed E-state index contributed by atoms with van der Waals surface area (Å²) in [4.78, 5) is 8.55. The lowest BCUT2D eigenvalue weighted by Crippen LogP contribution is -2.16. The van der Waals surface area contributed by atoms with Crippen LogP contribution >= 0.6 is 11.8 Å². The van der Waals surface area contributed by atoms with E-state index < -0.39 is 0 Å². The van der Waals surface area contributed by atoms with Crippen molar-refractivity contribution < 1.29 is 0 Å². The van der Waals surface area contributed by atoms with Crippen LogP contribution in [0.25, 0.3) is 22.5 Å². The first-order valence-corrected chi connectivity index (χ1v) is 14.4. The van der Waals surface area contributed by atoms with E-state index in [-0.39, 0.29) is 0 Å². The van der Waals surface area contributed by atoms with Gasteiger partial charge in [-0.3, -0.25) is 0 Å². The second-order valence-corrected chi connectivity index (χ2v) is 10.2. The lowest BCUT2D eigenvalue weighted by molar-refractivity contribution is 0.548. The Hall–Kier alpha value is -2.04. The van der Waals surface area contributed by atoms with Gasteiger partial charge in [0.1, 0.15) is 0 Å². The molecule has 0 spiro atoms. The lowest BCUT2D eigenvalue weighted by Gasteiger charge is -2.05. The highest BCUT2D eigenvalue weighted by Gasteiger charge is 2.14. The molecule has 0 fully saturated rings. The molecule has 1 heterocycles. The van der Waals surface area contributed by atoms with Crippen LogP contribution in [-0.4, -0.2) is 28.8 Å². The molecule has 0 aliphatic carbocycles. The Balaban J connectivity index is 1.30. The number of unbranched alkanes of at least 4 members (excludes halogenated alkanes) is 9. The summed E-state index contributed by atoms with van der Waals surface area (Å²) in [5, 5.41) is 4.63. The SMILES string of the molecule is CCCCCCCNCCCCCCCCSc1nc(-c2ccccc2)c(-c2ccccc2)[nH]1. The Morgan fingerprint density at radius 3 is 1.88 bits per heavy atom. The third-order valence-electron chi connectivity index (χ3n) is 6.24. The number of nitrogens with zero attached hydrogens (tertiary/aromatic N) is 1. The maximum Gasteiger partial charge on any atom is 0.166 e. The van der Waals surface area contributed by atoms with Gasteiger partial charge >= 0.3 is 0 Å². The second kappa shape index (κ2) is 16.6. The summed E-state index contributed by atoms with van der Waals surface area (Å²) >= 11 is 1.85. The summed E-state index contributed by atoms with van der Waals surface area (Å²) in [7, 11) is 0. The first kappa shape index (κ1) is 26.6. The molecule has 4 heteroatoms. The molecular formula is C30H43N3S. The van der Waals surface area contributed by atoms with Crippen LogP contribution in [0.2, 0.25) is 0 Å². The third kappa shape index (κ3) is 9.68. The zero-order valence-electron chi connectivity index (χ0n) is 21.0. The van der Waals surface area contributed by atoms with Crippen molar-refractivity contribution in [2.24, 2.45) is 0 Å². The fourth-order valence-corrected chi connectivity index (χ4v) is 5.12. The normalized spacial score (nSPS) is 11.2. The van der Waals surface area contributed by atoms with Crippen molar-refractivity contribution >= 4 is 11.8 Å². The minimum Gasteiger partial charge on any atom is -0.332 e. The van der Waals surface area contributed by atoms with Crippen molar-refractivity contribution in [2.75, 3.05) is 18.8 Å². The number of H-pyrrole nitrogens is 1. The van der Waals surface area contributed by atoms with Gasteiger partial charge < -0.3 is 10.3 Å². The monoisotopic (exact) mass is 477 g/mol. The van der Waals surface area contributed by atoms with Gasteiger partial charge in [-0.15, -0.1) is 0 Å². The summed E-state index contributed by atoms with van der Waals surface area (Å²) in [6, 6.07) is 21.0. The van der Waals surface area contributed by atoms with Gasteiger partial charge in [-0.2, -0.15) is 0 Å². The molecule has 184 valence electrons. The molecule has 3 nitrogen and oxygen atoms in total. The molecule has 0 radical (unpaired) electrons. The minimum absolute atomic E-state index is 1.03. The fraction of sp³-hybridized carbons (Fsp3) is 0.500. The van der Waals surface area contributed by atoms with Gasteiger partial charge in [0.25, 0.3) is 0 Å². The highest BCUT2D eigenvalue weighted by Crippen LogP contribution is 2.32. The molecule has 0 amide bonds. The second-order valence-electron chi connectivity index (χ2n) is 9.13. The number of imidazole rings is 1. The van der Waals surface area contributed by atoms with E-state index in [9.17, 15) is 0 Å². The number of aromatic nitrogens is 2. The van der Waals surface area contributed by atoms with Crippen LogP contribution in [-0.2, 0) is 0 Å². The van der Waals surface area contributed by atoms with Gasteiger partial charge in [-0.25, -0.2) is 4.98 Å². The van der Waals surface area contributed by atoms with Gasteiger partial charge in [-0.05, 0) is 32.4 Å². The largest absolute Gasteiger partial charge is 0.332 e. The molecule has 0 saturated heterocycles. The van der Waals surface area contributed by atoms with E-state index in [4.69, 9.17) is 4.98 Å². The average molecular weight is 478 g/mol. The zero-order chi connectivity index (χ0) is 23.7. The number of hydrogen-bond acceptors (Lipinski definition) is 3. The van der Waals surface area contributed by atoms with Crippen LogP contribution in [0.3, 0.4) is 0 Å². The van der Waals surface area contributed by atoms with Crippen molar-refractivity contribution in [2.45, 2.75) is 82.7 Å². The smallest absolute Gasteiger partial charge is 0.166 e. The summed E-state index contributed by atoms with van der Waals surface area (Å²) in [6.07, 6.45) is 14.8. The predicted octanol–water partition coefficient (Wildman–Crippen LogP) is 8.74. The highest BCUT2D eigenvalue weighted by atomic mass is 32.2. The van der Waals surface area contributed by atoms with E-state index in [0.29, 0.717) is 0 Å². The standard InChI is InChI=1S/C30H43N3S/c1-2-3-4-7-16-23-31-24-17-8-5-6-9-18-25-34-30-32-28(26-19-12-10-13-20-26)29(33-30)27-21-14-11-15-22-27/h10-15,19-22,31H,2-9,16-18,23-25H2,1H3,(H,32,33). The van der Waals surface area contributed by atoms with Gasteiger partial charge in [0.05, 0.1) is 11.4 Å². The average Bonchev–Trinajstić information content (AvgIpc) is 3.32. The molecule has 2 N–H and O–H groups in total. The fourth-order valence-electron chi connectivity index (χ4n) is 4.25. The van der Waals surface area contributed by atoms with E-state index in [1.165, 1.54) is 89.3 Å². The Kier molecular flexibility index (Phi) is 12.9. The Labute approximate surface area is 211 Å². The molecule has 0 atom stereocenters. The maximum absolute atomic E-state index is 4.96. The first-order valence-electron chi connectivity index (χ1n) is 13.4. The zero-order valence-corrected chi connectivity index (χ0v) is 21.8. The molecule has 3 rings (SSSR count). The summed E-state index contributed by atoms with van der Waals surface area (Å²) in [5.41, 5.74) is 4.51. The van der Waals surface area contributed by atoms with Gasteiger partial charge in [0, 0.05) is 16.9 Å². The number of hydrogen-bond donors (Lipinski definition) is 2. The van der Waals surface area contributed by atoms with Gasteiger partial charge in [0.15, 0.2) is 5.16 Å². The van der Waals surface area contributed by atoms with Crippen molar-refractivity contribution in [1.29, 1.82) is 0 Å². The van der Waals surface area contributed by atoms with Crippen molar-refractivity contribution in [3.05, 3.63) is 60.7 Å². The van der Waals surface area contributed by atoms with Crippen LogP contribution in [0.1, 0.15) is 77.6 Å². The quantitative estimate of drug-likeness (QED) is 0.142. The molecule has 34 heavy (non-hydrogen) atoms. The highest BCUT2D eigenvalue weighted by molar-refractivity contribution is 7.99. The van der Waals surface area contributed by atoms with Gasteiger partial charge in [0.2, 0.25) is 0 Å². The van der Waals surface area contributed by atoms with E-state index in [1.807, 2.05) is 11.8 Å². The number of aromatic amines is 1. The molecule has 0 unspecified atom stereocenters. The number of thioether (sulfide) groups is 1. The molecule has 3 aromatic rings. The topological polar surface area (TPSA) is 40.7 Å². The molecule has 1 aromatic heterocycles. The van der Waals surface area contributed by atoms with Crippen LogP contribution in [0.5, 0.6) is 0 Å². The Morgan fingerprint density at radius 1 is 0.676 bits per heavy atom. The van der Waals surface area contributed by atoms with Crippen LogP contribution in [0, 0.1) is 0 Å². The first-order chi connectivity index (χ1) is 16.9. The van der Waals surface area contributed by atoms with Gasteiger partial charge in [-0.1, -0.05) is 131 Å². The molecule has 0 aliphatic heterocycles. The number of nitrogens with one attached hydrogen (secondary N) is 2.